The summed E-state index contributed by atoms with van der Waals surface area (Å²) in [5.41, 5.74) is 0. The van der Waals surface area contributed by atoms with E-state index in [2.05, 4.69) is 12.2 Å². The SMILES string of the molecule is CCCCCCC(CCCCO)CNC(=O)CCC(=O)O. The smallest absolute Gasteiger partial charge is 0.303 e. The van der Waals surface area contributed by atoms with Gasteiger partial charge in [0, 0.05) is 19.6 Å². The number of hydrogen-bond donors (Lipinski definition) is 3. The molecule has 0 aromatic rings. The first-order valence-corrected chi connectivity index (χ1v) is 8.19. The summed E-state index contributed by atoms with van der Waals surface area (Å²) in [6.45, 7) is 3.02. The molecular weight excluding hydrogens is 270 g/mol. The van der Waals surface area contributed by atoms with Gasteiger partial charge in [-0.15, -0.1) is 0 Å². The van der Waals surface area contributed by atoms with Gasteiger partial charge in [-0.3, -0.25) is 9.59 Å². The van der Waals surface area contributed by atoms with Crippen LogP contribution in [0.1, 0.15) is 71.1 Å². The van der Waals surface area contributed by atoms with Crippen LogP contribution in [0.2, 0.25) is 0 Å². The van der Waals surface area contributed by atoms with Gasteiger partial charge in [0.15, 0.2) is 0 Å². The van der Waals surface area contributed by atoms with Crippen LogP contribution in [0.4, 0.5) is 0 Å². The second kappa shape index (κ2) is 13.9. The highest BCUT2D eigenvalue weighted by molar-refractivity contribution is 5.80. The van der Waals surface area contributed by atoms with Crippen LogP contribution in [0.5, 0.6) is 0 Å². The van der Waals surface area contributed by atoms with Crippen molar-refractivity contribution in [3.05, 3.63) is 0 Å². The Labute approximate surface area is 128 Å². The molecule has 0 aromatic heterocycles. The van der Waals surface area contributed by atoms with E-state index < -0.39 is 5.97 Å². The molecule has 0 saturated carbocycles. The van der Waals surface area contributed by atoms with Gasteiger partial charge >= 0.3 is 5.97 Å². The summed E-state index contributed by atoms with van der Waals surface area (Å²) in [7, 11) is 0. The lowest BCUT2D eigenvalue weighted by atomic mass is 9.95. The van der Waals surface area contributed by atoms with Crippen molar-refractivity contribution in [3.63, 3.8) is 0 Å². The molecule has 21 heavy (non-hydrogen) atoms. The van der Waals surface area contributed by atoms with Crippen molar-refractivity contribution in [3.8, 4) is 0 Å². The van der Waals surface area contributed by atoms with Gasteiger partial charge in [-0.25, -0.2) is 0 Å². The molecule has 0 spiro atoms. The zero-order chi connectivity index (χ0) is 15.9. The van der Waals surface area contributed by atoms with E-state index in [1.165, 1.54) is 25.7 Å². The van der Waals surface area contributed by atoms with Crippen molar-refractivity contribution in [1.29, 1.82) is 0 Å². The molecule has 5 nitrogen and oxygen atoms in total. The van der Waals surface area contributed by atoms with E-state index in [0.29, 0.717) is 12.5 Å². The lowest BCUT2D eigenvalue weighted by Gasteiger charge is -2.17. The van der Waals surface area contributed by atoms with Crippen molar-refractivity contribution >= 4 is 11.9 Å². The quantitative estimate of drug-likeness (QED) is 0.431. The van der Waals surface area contributed by atoms with E-state index in [1.54, 1.807) is 0 Å². The molecule has 0 heterocycles. The fourth-order valence-corrected chi connectivity index (χ4v) is 2.32. The topological polar surface area (TPSA) is 86.6 Å². The number of carbonyl (C=O) groups excluding carboxylic acids is 1. The molecule has 0 saturated heterocycles. The lowest BCUT2D eigenvalue weighted by Crippen LogP contribution is -2.29. The van der Waals surface area contributed by atoms with Gasteiger partial charge in [-0.05, 0) is 25.2 Å². The second-order valence-corrected chi connectivity index (χ2v) is 5.63. The molecule has 0 radical (unpaired) electrons. The summed E-state index contributed by atoms with van der Waals surface area (Å²) in [6, 6.07) is 0. The Morgan fingerprint density at radius 2 is 1.67 bits per heavy atom. The Morgan fingerprint density at radius 3 is 2.24 bits per heavy atom. The zero-order valence-electron chi connectivity index (χ0n) is 13.3. The Balaban J connectivity index is 3.94. The first kappa shape index (κ1) is 19.9. The minimum Gasteiger partial charge on any atom is -0.481 e. The molecule has 0 rings (SSSR count). The third-order valence-corrected chi connectivity index (χ3v) is 3.64. The molecule has 0 aliphatic carbocycles. The fraction of sp³-hybridized carbons (Fsp3) is 0.875. The molecule has 1 unspecified atom stereocenters. The van der Waals surface area contributed by atoms with Gasteiger partial charge in [0.1, 0.15) is 0 Å². The number of nitrogens with one attached hydrogen (secondary N) is 1. The van der Waals surface area contributed by atoms with Crippen LogP contribution in [0.15, 0.2) is 0 Å². The minimum absolute atomic E-state index is 0.0501. The Morgan fingerprint density at radius 1 is 1.00 bits per heavy atom. The highest BCUT2D eigenvalue weighted by atomic mass is 16.4. The molecule has 0 aliphatic rings. The van der Waals surface area contributed by atoms with Crippen LogP contribution in [-0.4, -0.2) is 35.2 Å². The third-order valence-electron chi connectivity index (χ3n) is 3.64. The number of carboxylic acid groups (broad SMARTS) is 1. The van der Waals surface area contributed by atoms with Crippen molar-refractivity contribution in [2.45, 2.75) is 71.1 Å². The normalized spacial score (nSPS) is 12.1. The summed E-state index contributed by atoms with van der Waals surface area (Å²) in [4.78, 5) is 22.0. The predicted octanol–water partition coefficient (Wildman–Crippen LogP) is 2.72. The molecule has 0 bridgehead atoms. The number of amides is 1. The number of aliphatic hydroxyl groups excluding tert-OH is 1. The predicted molar refractivity (Wildman–Crippen MR) is 83.1 cm³/mol. The summed E-state index contributed by atoms with van der Waals surface area (Å²) in [5.74, 6) is -0.690. The molecule has 0 aromatic carbocycles. The van der Waals surface area contributed by atoms with E-state index >= 15 is 0 Å². The summed E-state index contributed by atoms with van der Waals surface area (Å²) in [6.07, 6.45) is 8.65. The van der Waals surface area contributed by atoms with E-state index in [-0.39, 0.29) is 25.4 Å². The molecule has 0 aliphatic heterocycles. The molecule has 3 N–H and O–H groups in total. The Bertz CT molecular complexity index is 281. The average Bonchev–Trinajstić information content (AvgIpc) is 2.46. The van der Waals surface area contributed by atoms with Crippen LogP contribution >= 0.6 is 0 Å². The van der Waals surface area contributed by atoms with Gasteiger partial charge in [-0.1, -0.05) is 39.0 Å². The van der Waals surface area contributed by atoms with E-state index in [4.69, 9.17) is 10.2 Å². The number of unbranched alkanes of at least 4 members (excludes halogenated alkanes) is 4. The summed E-state index contributed by atoms with van der Waals surface area (Å²) in [5, 5.41) is 20.2. The number of carboxylic acids is 1. The van der Waals surface area contributed by atoms with E-state index in [0.717, 1.165) is 25.7 Å². The maximum atomic E-state index is 11.5. The van der Waals surface area contributed by atoms with E-state index in [9.17, 15) is 9.59 Å². The van der Waals surface area contributed by atoms with Gasteiger partial charge in [0.2, 0.25) is 5.91 Å². The largest absolute Gasteiger partial charge is 0.481 e. The number of hydrogen-bond acceptors (Lipinski definition) is 3. The van der Waals surface area contributed by atoms with Crippen molar-refractivity contribution < 1.29 is 19.8 Å². The van der Waals surface area contributed by atoms with E-state index in [1.807, 2.05) is 0 Å². The van der Waals surface area contributed by atoms with Crippen molar-refractivity contribution in [2.24, 2.45) is 5.92 Å². The van der Waals surface area contributed by atoms with Gasteiger partial charge in [-0.2, -0.15) is 0 Å². The molecule has 1 amide bonds. The highest BCUT2D eigenvalue weighted by Crippen LogP contribution is 2.16. The second-order valence-electron chi connectivity index (χ2n) is 5.63. The molecule has 124 valence electrons. The molecular formula is C16H31NO4. The van der Waals surface area contributed by atoms with Gasteiger partial charge in [0.25, 0.3) is 0 Å². The molecule has 0 fully saturated rings. The first-order valence-electron chi connectivity index (χ1n) is 8.19. The maximum Gasteiger partial charge on any atom is 0.303 e. The number of rotatable bonds is 14. The van der Waals surface area contributed by atoms with Crippen molar-refractivity contribution in [2.75, 3.05) is 13.2 Å². The molecule has 5 heteroatoms. The third kappa shape index (κ3) is 13.6. The monoisotopic (exact) mass is 301 g/mol. The van der Waals surface area contributed by atoms with Crippen LogP contribution in [0.25, 0.3) is 0 Å². The van der Waals surface area contributed by atoms with Crippen LogP contribution < -0.4 is 5.32 Å². The number of aliphatic hydroxyl groups is 1. The lowest BCUT2D eigenvalue weighted by molar-refractivity contribution is -0.138. The van der Waals surface area contributed by atoms with Crippen LogP contribution in [0.3, 0.4) is 0 Å². The Kier molecular flexibility index (Phi) is 13.1. The number of carbonyl (C=O) groups is 2. The zero-order valence-corrected chi connectivity index (χ0v) is 13.3. The van der Waals surface area contributed by atoms with Crippen LogP contribution in [0, 0.1) is 5.92 Å². The maximum absolute atomic E-state index is 11.5. The fourth-order valence-electron chi connectivity index (χ4n) is 2.32. The first-order chi connectivity index (χ1) is 10.1. The Hall–Kier alpha value is -1.10. The van der Waals surface area contributed by atoms with Crippen LogP contribution in [-0.2, 0) is 9.59 Å². The molecule has 1 atom stereocenters. The van der Waals surface area contributed by atoms with Crippen molar-refractivity contribution in [1.82, 2.24) is 5.32 Å². The summed E-state index contributed by atoms with van der Waals surface area (Å²) >= 11 is 0. The highest BCUT2D eigenvalue weighted by Gasteiger charge is 2.11. The van der Waals surface area contributed by atoms with Gasteiger partial charge in [0.05, 0.1) is 6.42 Å². The average molecular weight is 301 g/mol. The number of aliphatic carboxylic acids is 1. The minimum atomic E-state index is -0.941. The standard InChI is InChI=1S/C16H31NO4/c1-2-3-4-5-8-14(9-6-7-12-18)13-17-15(19)10-11-16(20)21/h14,18H,2-13H2,1H3,(H,17,19)(H,20,21). The van der Waals surface area contributed by atoms with Gasteiger partial charge < -0.3 is 15.5 Å². The summed E-state index contributed by atoms with van der Waals surface area (Å²) < 4.78 is 0.